The highest BCUT2D eigenvalue weighted by Crippen LogP contribution is 2.10. The number of rotatable bonds is 7. The SMILES string of the molecule is CC(C)N(C(=O)CCCCC=O)C(C)C. The summed E-state index contributed by atoms with van der Waals surface area (Å²) in [6.45, 7) is 8.12. The summed E-state index contributed by atoms with van der Waals surface area (Å²) in [4.78, 5) is 23.8. The lowest BCUT2D eigenvalue weighted by Crippen LogP contribution is -2.41. The first-order valence-electron chi connectivity index (χ1n) is 5.75. The van der Waals surface area contributed by atoms with Crippen molar-refractivity contribution in [1.29, 1.82) is 0 Å². The molecule has 0 saturated carbocycles. The Bertz CT molecular complexity index is 192. The van der Waals surface area contributed by atoms with Crippen molar-refractivity contribution in [1.82, 2.24) is 4.90 Å². The lowest BCUT2D eigenvalue weighted by molar-refractivity contribution is -0.135. The van der Waals surface area contributed by atoms with Gasteiger partial charge in [0.2, 0.25) is 5.91 Å². The molecule has 0 aliphatic heterocycles. The minimum absolute atomic E-state index is 0.200. The molecule has 0 fully saturated rings. The molecule has 0 atom stereocenters. The van der Waals surface area contributed by atoms with Crippen molar-refractivity contribution >= 4 is 12.2 Å². The molecule has 0 N–H and O–H groups in total. The molecule has 0 aliphatic rings. The van der Waals surface area contributed by atoms with Gasteiger partial charge in [0, 0.05) is 24.9 Å². The third-order valence-electron chi connectivity index (χ3n) is 2.36. The molecule has 0 radical (unpaired) electrons. The van der Waals surface area contributed by atoms with E-state index in [1.807, 2.05) is 32.6 Å². The van der Waals surface area contributed by atoms with Crippen molar-refractivity contribution in [3.05, 3.63) is 0 Å². The van der Waals surface area contributed by atoms with Crippen LogP contribution in [0.3, 0.4) is 0 Å². The highest BCUT2D eigenvalue weighted by molar-refractivity contribution is 5.76. The number of hydrogen-bond donors (Lipinski definition) is 0. The molecular formula is C12H23NO2. The Labute approximate surface area is 92.8 Å². The summed E-state index contributed by atoms with van der Waals surface area (Å²) in [5.74, 6) is 0.200. The zero-order valence-corrected chi connectivity index (χ0v) is 10.3. The lowest BCUT2D eigenvalue weighted by atomic mass is 10.1. The number of nitrogens with zero attached hydrogens (tertiary/aromatic N) is 1. The van der Waals surface area contributed by atoms with Crippen molar-refractivity contribution in [3.63, 3.8) is 0 Å². The van der Waals surface area contributed by atoms with E-state index in [-0.39, 0.29) is 18.0 Å². The van der Waals surface area contributed by atoms with Gasteiger partial charge in [0.1, 0.15) is 6.29 Å². The molecule has 0 spiro atoms. The fourth-order valence-electron chi connectivity index (χ4n) is 1.81. The summed E-state index contributed by atoms with van der Waals surface area (Å²) < 4.78 is 0. The van der Waals surface area contributed by atoms with E-state index < -0.39 is 0 Å². The molecule has 0 aromatic heterocycles. The van der Waals surface area contributed by atoms with Gasteiger partial charge in [0.25, 0.3) is 0 Å². The first-order valence-corrected chi connectivity index (χ1v) is 5.75. The van der Waals surface area contributed by atoms with Gasteiger partial charge in [-0.25, -0.2) is 0 Å². The second-order valence-corrected chi connectivity index (χ2v) is 4.40. The van der Waals surface area contributed by atoms with Crippen molar-refractivity contribution in [2.75, 3.05) is 0 Å². The molecule has 3 nitrogen and oxygen atoms in total. The quantitative estimate of drug-likeness (QED) is 0.481. The smallest absolute Gasteiger partial charge is 0.223 e. The van der Waals surface area contributed by atoms with E-state index >= 15 is 0 Å². The van der Waals surface area contributed by atoms with Crippen LogP contribution < -0.4 is 0 Å². The van der Waals surface area contributed by atoms with Crippen LogP contribution in [0, 0.1) is 0 Å². The van der Waals surface area contributed by atoms with Crippen LogP contribution in [0.15, 0.2) is 0 Å². The number of hydrogen-bond acceptors (Lipinski definition) is 2. The minimum atomic E-state index is 0.200. The first-order chi connectivity index (χ1) is 7.00. The molecule has 0 aromatic rings. The van der Waals surface area contributed by atoms with Crippen LogP contribution in [0.1, 0.15) is 53.4 Å². The van der Waals surface area contributed by atoms with Crippen LogP contribution >= 0.6 is 0 Å². The molecule has 0 rings (SSSR count). The second-order valence-electron chi connectivity index (χ2n) is 4.40. The average Bonchev–Trinajstić information content (AvgIpc) is 2.11. The van der Waals surface area contributed by atoms with Crippen molar-refractivity contribution in [3.8, 4) is 0 Å². The van der Waals surface area contributed by atoms with Crippen LogP contribution in [0.2, 0.25) is 0 Å². The highest BCUT2D eigenvalue weighted by Gasteiger charge is 2.18. The zero-order chi connectivity index (χ0) is 11.8. The third-order valence-corrected chi connectivity index (χ3v) is 2.36. The van der Waals surface area contributed by atoms with E-state index in [9.17, 15) is 9.59 Å². The van der Waals surface area contributed by atoms with Crippen LogP contribution in [0.4, 0.5) is 0 Å². The Morgan fingerprint density at radius 3 is 2.07 bits per heavy atom. The molecular weight excluding hydrogens is 190 g/mol. The number of unbranched alkanes of at least 4 members (excludes halogenated alkanes) is 2. The Morgan fingerprint density at radius 2 is 1.67 bits per heavy atom. The maximum absolute atomic E-state index is 11.8. The summed E-state index contributed by atoms with van der Waals surface area (Å²) in [6.07, 6.45) is 3.67. The Balaban J connectivity index is 3.98. The largest absolute Gasteiger partial charge is 0.338 e. The van der Waals surface area contributed by atoms with Gasteiger partial charge >= 0.3 is 0 Å². The highest BCUT2D eigenvalue weighted by atomic mass is 16.2. The summed E-state index contributed by atoms with van der Waals surface area (Å²) in [5, 5.41) is 0. The van der Waals surface area contributed by atoms with Crippen molar-refractivity contribution in [2.24, 2.45) is 0 Å². The molecule has 15 heavy (non-hydrogen) atoms. The van der Waals surface area contributed by atoms with Gasteiger partial charge in [-0.05, 0) is 40.5 Å². The van der Waals surface area contributed by atoms with E-state index in [1.165, 1.54) is 0 Å². The van der Waals surface area contributed by atoms with E-state index in [0.717, 1.165) is 19.1 Å². The van der Waals surface area contributed by atoms with Crippen molar-refractivity contribution < 1.29 is 9.59 Å². The normalized spacial score (nSPS) is 10.8. The summed E-state index contributed by atoms with van der Waals surface area (Å²) in [6, 6.07) is 0.507. The van der Waals surface area contributed by atoms with Crippen LogP contribution in [0.25, 0.3) is 0 Å². The van der Waals surface area contributed by atoms with Gasteiger partial charge in [-0.2, -0.15) is 0 Å². The molecule has 3 heteroatoms. The van der Waals surface area contributed by atoms with Gasteiger partial charge in [-0.3, -0.25) is 4.79 Å². The van der Waals surface area contributed by atoms with E-state index in [0.29, 0.717) is 12.8 Å². The van der Waals surface area contributed by atoms with Gasteiger partial charge in [-0.1, -0.05) is 0 Å². The topological polar surface area (TPSA) is 37.4 Å². The maximum Gasteiger partial charge on any atom is 0.223 e. The molecule has 1 amide bonds. The summed E-state index contributed by atoms with van der Waals surface area (Å²) >= 11 is 0. The fraction of sp³-hybridized carbons (Fsp3) is 0.833. The predicted octanol–water partition coefficient (Wildman–Crippen LogP) is 2.39. The average molecular weight is 213 g/mol. The lowest BCUT2D eigenvalue weighted by Gasteiger charge is -2.30. The zero-order valence-electron chi connectivity index (χ0n) is 10.3. The van der Waals surface area contributed by atoms with E-state index in [2.05, 4.69) is 0 Å². The first kappa shape index (κ1) is 14.1. The molecule has 0 aliphatic carbocycles. The van der Waals surface area contributed by atoms with Gasteiger partial charge in [0.15, 0.2) is 0 Å². The van der Waals surface area contributed by atoms with E-state index in [4.69, 9.17) is 0 Å². The second kappa shape index (κ2) is 7.43. The fourth-order valence-corrected chi connectivity index (χ4v) is 1.81. The Morgan fingerprint density at radius 1 is 1.13 bits per heavy atom. The van der Waals surface area contributed by atoms with Gasteiger partial charge < -0.3 is 9.69 Å². The molecule has 0 saturated heterocycles. The molecule has 0 unspecified atom stereocenters. The molecule has 0 aromatic carbocycles. The third kappa shape index (κ3) is 5.55. The Hall–Kier alpha value is -0.860. The number of carbonyl (C=O) groups is 2. The van der Waals surface area contributed by atoms with Crippen LogP contribution in [-0.4, -0.2) is 29.2 Å². The van der Waals surface area contributed by atoms with Gasteiger partial charge in [-0.15, -0.1) is 0 Å². The molecule has 0 heterocycles. The monoisotopic (exact) mass is 213 g/mol. The number of aldehydes is 1. The maximum atomic E-state index is 11.8. The minimum Gasteiger partial charge on any atom is -0.338 e. The van der Waals surface area contributed by atoms with Crippen LogP contribution in [0.5, 0.6) is 0 Å². The van der Waals surface area contributed by atoms with E-state index in [1.54, 1.807) is 0 Å². The van der Waals surface area contributed by atoms with Crippen LogP contribution in [-0.2, 0) is 9.59 Å². The summed E-state index contributed by atoms with van der Waals surface area (Å²) in [7, 11) is 0. The predicted molar refractivity (Wildman–Crippen MR) is 61.7 cm³/mol. The molecule has 88 valence electrons. The standard InChI is InChI=1S/C12H23NO2/c1-10(2)13(11(3)4)12(15)8-6-5-7-9-14/h9-11H,5-8H2,1-4H3. The van der Waals surface area contributed by atoms with Crippen molar-refractivity contribution in [2.45, 2.75) is 65.5 Å². The Kier molecular flexibility index (Phi) is 7.01. The molecule has 0 bridgehead atoms. The number of carbonyl (C=O) groups excluding carboxylic acids is 2. The van der Waals surface area contributed by atoms with Gasteiger partial charge in [0.05, 0.1) is 0 Å². The summed E-state index contributed by atoms with van der Waals surface area (Å²) in [5.41, 5.74) is 0. The number of amides is 1.